The highest BCUT2D eigenvalue weighted by Gasteiger charge is 2.26. The number of carbonyl (C=O) groups excluding carboxylic acids is 2. The number of hydrogen-bond donors (Lipinski definition) is 3. The van der Waals surface area contributed by atoms with Gasteiger partial charge in [-0.05, 0) is 30.2 Å². The maximum atomic E-state index is 12.2. The second kappa shape index (κ2) is 6.39. The first-order valence-electron chi connectivity index (χ1n) is 7.24. The lowest BCUT2D eigenvalue weighted by Gasteiger charge is -2.24. The Balaban J connectivity index is 1.58. The second-order valence-electron chi connectivity index (χ2n) is 5.28. The molecule has 6 nitrogen and oxygen atoms in total. The number of ether oxygens (including phenoxy) is 1. The molecule has 0 aromatic heterocycles. The van der Waals surface area contributed by atoms with Crippen molar-refractivity contribution in [1.82, 2.24) is 10.9 Å². The van der Waals surface area contributed by atoms with Crippen LogP contribution in [0.15, 0.2) is 48.5 Å². The molecule has 2 aromatic rings. The van der Waals surface area contributed by atoms with Crippen LogP contribution in [0.4, 0.5) is 0 Å². The van der Waals surface area contributed by atoms with E-state index in [1.807, 2.05) is 24.3 Å². The molecular weight excluding hydrogens is 296 g/mol. The Morgan fingerprint density at radius 3 is 2.61 bits per heavy atom. The van der Waals surface area contributed by atoms with Gasteiger partial charge in [-0.3, -0.25) is 20.4 Å². The lowest BCUT2D eigenvalue weighted by Crippen LogP contribution is -2.47. The first-order valence-corrected chi connectivity index (χ1v) is 7.24. The van der Waals surface area contributed by atoms with Crippen LogP contribution in [0.3, 0.4) is 0 Å². The molecule has 0 fully saturated rings. The van der Waals surface area contributed by atoms with E-state index in [1.165, 1.54) is 12.1 Å². The van der Waals surface area contributed by atoms with Gasteiger partial charge in [0.1, 0.15) is 18.1 Å². The minimum atomic E-state index is -0.575. The van der Waals surface area contributed by atoms with Gasteiger partial charge in [-0.15, -0.1) is 0 Å². The van der Waals surface area contributed by atoms with E-state index >= 15 is 0 Å². The van der Waals surface area contributed by atoms with Crippen LogP contribution < -0.4 is 15.6 Å². The third-order valence-electron chi connectivity index (χ3n) is 3.70. The topological polar surface area (TPSA) is 87.7 Å². The summed E-state index contributed by atoms with van der Waals surface area (Å²) in [7, 11) is 0. The molecule has 6 heteroatoms. The number of rotatable bonds is 2. The van der Waals surface area contributed by atoms with Crippen LogP contribution in [0, 0.1) is 5.92 Å². The summed E-state index contributed by atoms with van der Waals surface area (Å²) in [5.41, 5.74) is 5.75. The van der Waals surface area contributed by atoms with E-state index in [4.69, 9.17) is 4.74 Å². The molecule has 118 valence electrons. The molecule has 23 heavy (non-hydrogen) atoms. The quantitative estimate of drug-likeness (QED) is 0.732. The Kier molecular flexibility index (Phi) is 4.14. The van der Waals surface area contributed by atoms with Crippen molar-refractivity contribution in [2.75, 3.05) is 6.61 Å². The summed E-state index contributed by atoms with van der Waals surface area (Å²) in [5.74, 6) is -0.643. The zero-order chi connectivity index (χ0) is 16.2. The number of phenols is 1. The van der Waals surface area contributed by atoms with E-state index < -0.39 is 5.91 Å². The largest absolute Gasteiger partial charge is 0.507 e. The van der Waals surface area contributed by atoms with Gasteiger partial charge in [0.15, 0.2) is 0 Å². The van der Waals surface area contributed by atoms with Crippen molar-refractivity contribution in [1.29, 1.82) is 0 Å². The molecule has 1 aliphatic heterocycles. The number of phenolic OH excluding ortho intramolecular Hbond substituents is 1. The molecule has 2 amide bonds. The summed E-state index contributed by atoms with van der Waals surface area (Å²) < 4.78 is 5.55. The van der Waals surface area contributed by atoms with Crippen LogP contribution in [0.5, 0.6) is 11.5 Å². The number of nitrogens with one attached hydrogen (secondary N) is 2. The van der Waals surface area contributed by atoms with Crippen LogP contribution in [0.2, 0.25) is 0 Å². The number of hydrazine groups is 1. The van der Waals surface area contributed by atoms with Crippen molar-refractivity contribution < 1.29 is 19.4 Å². The van der Waals surface area contributed by atoms with Gasteiger partial charge in [0, 0.05) is 0 Å². The van der Waals surface area contributed by atoms with Gasteiger partial charge in [0.25, 0.3) is 5.91 Å². The summed E-state index contributed by atoms with van der Waals surface area (Å²) in [6.45, 7) is 0.259. The zero-order valence-corrected chi connectivity index (χ0v) is 12.3. The van der Waals surface area contributed by atoms with Crippen LogP contribution in [-0.2, 0) is 11.2 Å². The van der Waals surface area contributed by atoms with Crippen molar-refractivity contribution >= 4 is 11.8 Å². The lowest BCUT2D eigenvalue weighted by molar-refractivity contribution is -0.127. The van der Waals surface area contributed by atoms with E-state index in [2.05, 4.69) is 10.9 Å². The highest BCUT2D eigenvalue weighted by molar-refractivity contribution is 5.97. The third-order valence-corrected chi connectivity index (χ3v) is 3.70. The van der Waals surface area contributed by atoms with Gasteiger partial charge in [0.05, 0.1) is 11.5 Å². The smallest absolute Gasteiger partial charge is 0.273 e. The molecule has 1 heterocycles. The Bertz CT molecular complexity index is 745. The average Bonchev–Trinajstić information content (AvgIpc) is 2.59. The van der Waals surface area contributed by atoms with E-state index in [-0.39, 0.29) is 29.7 Å². The molecule has 0 bridgehead atoms. The molecule has 1 atom stereocenters. The molecule has 0 aliphatic carbocycles. The van der Waals surface area contributed by atoms with Gasteiger partial charge in [0.2, 0.25) is 5.91 Å². The Hall–Kier alpha value is -3.02. The van der Waals surface area contributed by atoms with Crippen LogP contribution in [0.25, 0.3) is 0 Å². The minimum absolute atomic E-state index is 0.0954. The van der Waals surface area contributed by atoms with Crippen molar-refractivity contribution in [2.45, 2.75) is 6.42 Å². The molecular formula is C17H16N2O4. The fourth-order valence-corrected chi connectivity index (χ4v) is 2.45. The minimum Gasteiger partial charge on any atom is -0.507 e. The number of benzene rings is 2. The predicted octanol–water partition coefficient (Wildman–Crippen LogP) is 1.40. The van der Waals surface area contributed by atoms with E-state index in [0.717, 1.165) is 11.3 Å². The number of aromatic hydroxyl groups is 1. The highest BCUT2D eigenvalue weighted by atomic mass is 16.5. The van der Waals surface area contributed by atoms with Gasteiger partial charge in [-0.2, -0.15) is 0 Å². The van der Waals surface area contributed by atoms with Gasteiger partial charge < -0.3 is 9.84 Å². The molecule has 3 rings (SSSR count). The molecule has 1 unspecified atom stereocenters. The summed E-state index contributed by atoms with van der Waals surface area (Å²) in [6.07, 6.45) is 0.550. The SMILES string of the molecule is O=C(NNC(=O)C1COc2ccccc2C1)c1ccccc1O. The first-order chi connectivity index (χ1) is 11.1. The van der Waals surface area contributed by atoms with Crippen molar-refractivity contribution in [3.63, 3.8) is 0 Å². The van der Waals surface area contributed by atoms with Gasteiger partial charge >= 0.3 is 0 Å². The summed E-state index contributed by atoms with van der Waals surface area (Å²) >= 11 is 0. The number of amides is 2. The monoisotopic (exact) mass is 312 g/mol. The zero-order valence-electron chi connectivity index (χ0n) is 12.3. The van der Waals surface area contributed by atoms with Crippen molar-refractivity contribution in [3.8, 4) is 11.5 Å². The number of carbonyl (C=O) groups is 2. The summed E-state index contributed by atoms with van der Waals surface area (Å²) in [6, 6.07) is 13.7. The molecule has 0 saturated heterocycles. The normalized spacial score (nSPS) is 15.9. The van der Waals surface area contributed by atoms with Gasteiger partial charge in [-0.1, -0.05) is 30.3 Å². The standard InChI is InChI=1S/C17H16N2O4/c20-14-7-3-2-6-13(14)17(22)19-18-16(21)12-9-11-5-1-4-8-15(11)23-10-12/h1-8,12,20H,9-10H2,(H,18,21)(H,19,22). The highest BCUT2D eigenvalue weighted by Crippen LogP contribution is 2.26. The van der Waals surface area contributed by atoms with Crippen LogP contribution in [0.1, 0.15) is 15.9 Å². The summed E-state index contributed by atoms with van der Waals surface area (Å²) in [5, 5.41) is 9.61. The number of para-hydroxylation sites is 2. The fraction of sp³-hybridized carbons (Fsp3) is 0.176. The summed E-state index contributed by atoms with van der Waals surface area (Å²) in [4.78, 5) is 24.1. The molecule has 1 aliphatic rings. The number of hydrogen-bond acceptors (Lipinski definition) is 4. The maximum Gasteiger partial charge on any atom is 0.273 e. The van der Waals surface area contributed by atoms with Crippen molar-refractivity contribution in [2.24, 2.45) is 5.92 Å². The lowest BCUT2D eigenvalue weighted by atomic mass is 9.96. The van der Waals surface area contributed by atoms with Gasteiger partial charge in [-0.25, -0.2) is 0 Å². The molecule has 0 saturated carbocycles. The van der Waals surface area contributed by atoms with E-state index in [0.29, 0.717) is 6.42 Å². The second-order valence-corrected chi connectivity index (χ2v) is 5.28. The maximum absolute atomic E-state index is 12.2. The first kappa shape index (κ1) is 14.9. The Morgan fingerprint density at radius 1 is 1.04 bits per heavy atom. The average molecular weight is 312 g/mol. The predicted molar refractivity (Wildman–Crippen MR) is 82.8 cm³/mol. The molecule has 0 radical (unpaired) electrons. The Morgan fingerprint density at radius 2 is 1.78 bits per heavy atom. The van der Waals surface area contributed by atoms with Crippen molar-refractivity contribution in [3.05, 3.63) is 59.7 Å². The Labute approximate surface area is 133 Å². The molecule has 3 N–H and O–H groups in total. The number of fused-ring (bicyclic) bond motifs is 1. The molecule has 0 spiro atoms. The molecule has 2 aromatic carbocycles. The van der Waals surface area contributed by atoms with Crippen LogP contribution in [-0.4, -0.2) is 23.5 Å². The fourth-order valence-electron chi connectivity index (χ4n) is 2.45. The third kappa shape index (κ3) is 3.26. The van der Waals surface area contributed by atoms with E-state index in [1.54, 1.807) is 12.1 Å². The van der Waals surface area contributed by atoms with Crippen LogP contribution >= 0.6 is 0 Å². The van der Waals surface area contributed by atoms with E-state index in [9.17, 15) is 14.7 Å².